The lowest BCUT2D eigenvalue weighted by molar-refractivity contribution is 0.318. The first kappa shape index (κ1) is 17.0. The largest absolute Gasteiger partial charge is 0.493 e. The van der Waals surface area contributed by atoms with Crippen molar-refractivity contribution in [1.29, 1.82) is 0 Å². The van der Waals surface area contributed by atoms with Gasteiger partial charge in [-0.3, -0.25) is 10.6 Å². The molecule has 1 aromatic carbocycles. The summed E-state index contributed by atoms with van der Waals surface area (Å²) in [5, 5.41) is 4.89. The summed E-state index contributed by atoms with van der Waals surface area (Å²) >= 11 is 0. The van der Waals surface area contributed by atoms with Crippen molar-refractivity contribution in [3.8, 4) is 17.1 Å². The Labute approximate surface area is 145 Å². The minimum Gasteiger partial charge on any atom is -0.493 e. The van der Waals surface area contributed by atoms with E-state index in [2.05, 4.69) is 20.5 Å². The van der Waals surface area contributed by atoms with Crippen LogP contribution in [0.4, 0.5) is 5.69 Å². The first-order chi connectivity index (χ1) is 12.1. The number of aromatic amines is 1. The molecule has 3 rings (SSSR count). The van der Waals surface area contributed by atoms with Crippen molar-refractivity contribution in [3.63, 3.8) is 0 Å². The molecule has 25 heavy (non-hydrogen) atoms. The van der Waals surface area contributed by atoms with Gasteiger partial charge in [0.15, 0.2) is 5.65 Å². The van der Waals surface area contributed by atoms with Gasteiger partial charge in [-0.25, -0.2) is 9.67 Å². The molecule has 0 amide bonds. The van der Waals surface area contributed by atoms with Gasteiger partial charge in [0.2, 0.25) is 0 Å². The number of anilines is 1. The predicted molar refractivity (Wildman–Crippen MR) is 97.6 cm³/mol. The highest BCUT2D eigenvalue weighted by Gasteiger charge is 2.17. The third-order valence-electron chi connectivity index (χ3n) is 3.94. The molecule has 0 unspecified atom stereocenters. The number of fused-ring (bicyclic) bond motifs is 1. The number of aromatic nitrogens is 4. The van der Waals surface area contributed by atoms with Crippen molar-refractivity contribution >= 4 is 16.7 Å². The molecule has 0 bridgehead atoms. The summed E-state index contributed by atoms with van der Waals surface area (Å²) in [6, 6.07) is 5.42. The lowest BCUT2D eigenvalue weighted by Crippen LogP contribution is -2.12. The zero-order chi connectivity index (χ0) is 18.0. The fraction of sp³-hybridized carbons (Fsp3) is 0.353. The van der Waals surface area contributed by atoms with Crippen LogP contribution in [-0.2, 0) is 6.54 Å². The van der Waals surface area contributed by atoms with Gasteiger partial charge in [0.25, 0.3) is 5.56 Å². The molecule has 0 radical (unpaired) electrons. The number of nitrogens with zero attached hydrogens (tertiary/aromatic N) is 3. The average molecular weight is 342 g/mol. The summed E-state index contributed by atoms with van der Waals surface area (Å²) in [7, 11) is 0. The van der Waals surface area contributed by atoms with Gasteiger partial charge in [-0.1, -0.05) is 6.92 Å². The molecule has 2 heterocycles. The second-order valence-corrected chi connectivity index (χ2v) is 5.72. The number of nitrogens with one attached hydrogen (secondary N) is 2. The van der Waals surface area contributed by atoms with Crippen molar-refractivity contribution in [3.05, 3.63) is 34.2 Å². The van der Waals surface area contributed by atoms with Crippen molar-refractivity contribution < 1.29 is 4.74 Å². The molecule has 0 saturated heterocycles. The number of hydrazine groups is 1. The van der Waals surface area contributed by atoms with E-state index in [1.807, 2.05) is 26.0 Å². The highest BCUT2D eigenvalue weighted by molar-refractivity contribution is 5.80. The molecule has 0 aliphatic carbocycles. The zero-order valence-corrected chi connectivity index (χ0v) is 14.6. The van der Waals surface area contributed by atoms with Crippen molar-refractivity contribution in [1.82, 2.24) is 19.7 Å². The number of hydrogen-bond acceptors (Lipinski definition) is 6. The Morgan fingerprint density at radius 3 is 2.84 bits per heavy atom. The van der Waals surface area contributed by atoms with Gasteiger partial charge < -0.3 is 15.1 Å². The van der Waals surface area contributed by atoms with Crippen LogP contribution >= 0.6 is 0 Å². The third kappa shape index (κ3) is 3.08. The maximum Gasteiger partial charge on any atom is 0.262 e. The predicted octanol–water partition coefficient (Wildman–Crippen LogP) is 2.19. The van der Waals surface area contributed by atoms with Gasteiger partial charge >= 0.3 is 0 Å². The summed E-state index contributed by atoms with van der Waals surface area (Å²) < 4.78 is 7.52. The second-order valence-electron chi connectivity index (χ2n) is 5.72. The number of hydrogen-bond donors (Lipinski definition) is 3. The lowest BCUT2D eigenvalue weighted by atomic mass is 10.1. The topological polar surface area (TPSA) is 111 Å². The monoisotopic (exact) mass is 342 g/mol. The molecule has 0 atom stereocenters. The van der Waals surface area contributed by atoms with Crippen LogP contribution in [-0.4, -0.2) is 26.4 Å². The van der Waals surface area contributed by atoms with Crippen LogP contribution < -0.4 is 21.6 Å². The second kappa shape index (κ2) is 6.94. The molecule has 0 aliphatic heterocycles. The van der Waals surface area contributed by atoms with E-state index in [-0.39, 0.29) is 5.56 Å². The number of nitrogen functional groups attached to an aromatic ring is 1. The van der Waals surface area contributed by atoms with Crippen LogP contribution in [0.3, 0.4) is 0 Å². The molecule has 0 aliphatic rings. The number of H-pyrrole nitrogens is 1. The number of ether oxygens (including phenoxy) is 1. The van der Waals surface area contributed by atoms with Gasteiger partial charge in [0, 0.05) is 12.2 Å². The number of aryl methyl sites for hydroxylation is 2. The standard InChI is InChI=1S/C17H22N6O2/c1-4-8-25-13-7-6-11(21-18)9-12(13)15-19-16-14(17(24)20-15)10(3)22-23(16)5-2/h6-7,9,21H,4-5,8,18H2,1-3H3,(H,19,20,24). The molecular weight excluding hydrogens is 320 g/mol. The minimum atomic E-state index is -0.218. The molecule has 4 N–H and O–H groups in total. The molecular formula is C17H22N6O2. The van der Waals surface area contributed by atoms with Crippen LogP contribution in [0.25, 0.3) is 22.4 Å². The molecule has 8 heteroatoms. The van der Waals surface area contributed by atoms with E-state index in [9.17, 15) is 4.79 Å². The highest BCUT2D eigenvalue weighted by atomic mass is 16.5. The Kier molecular flexibility index (Phi) is 4.71. The lowest BCUT2D eigenvalue weighted by Gasteiger charge is -2.12. The molecule has 2 aromatic heterocycles. The Balaban J connectivity index is 2.23. The van der Waals surface area contributed by atoms with E-state index < -0.39 is 0 Å². The van der Waals surface area contributed by atoms with E-state index in [0.29, 0.717) is 52.7 Å². The number of nitrogens with two attached hydrogens (primary N) is 1. The van der Waals surface area contributed by atoms with Gasteiger partial charge in [-0.05, 0) is 38.5 Å². The van der Waals surface area contributed by atoms with E-state index in [0.717, 1.165) is 6.42 Å². The fourth-order valence-electron chi connectivity index (χ4n) is 2.74. The first-order valence-electron chi connectivity index (χ1n) is 8.30. The number of benzene rings is 1. The summed E-state index contributed by atoms with van der Waals surface area (Å²) in [6.07, 6.45) is 0.876. The minimum absolute atomic E-state index is 0.218. The van der Waals surface area contributed by atoms with Gasteiger partial charge in [-0.2, -0.15) is 5.10 Å². The third-order valence-corrected chi connectivity index (χ3v) is 3.94. The molecule has 0 fully saturated rings. The first-order valence-corrected chi connectivity index (χ1v) is 8.30. The number of rotatable bonds is 6. The molecule has 0 saturated carbocycles. The van der Waals surface area contributed by atoms with Crippen LogP contribution in [0.1, 0.15) is 26.0 Å². The van der Waals surface area contributed by atoms with E-state index in [1.54, 1.807) is 17.7 Å². The summed E-state index contributed by atoms with van der Waals surface area (Å²) in [5.41, 5.74) is 4.98. The SMILES string of the molecule is CCCOc1ccc(NN)cc1-c1nc2c(c(C)nn2CC)c(=O)[nH]1. The Bertz CT molecular complexity index is 960. The average Bonchev–Trinajstić information content (AvgIpc) is 2.96. The molecule has 0 spiro atoms. The molecule has 132 valence electrons. The van der Waals surface area contributed by atoms with Crippen LogP contribution in [0.5, 0.6) is 5.75 Å². The Morgan fingerprint density at radius 2 is 2.16 bits per heavy atom. The van der Waals surface area contributed by atoms with Crippen LogP contribution in [0, 0.1) is 6.92 Å². The summed E-state index contributed by atoms with van der Waals surface area (Å²) in [6.45, 7) is 7.00. The van der Waals surface area contributed by atoms with E-state index in [1.165, 1.54) is 0 Å². The Morgan fingerprint density at radius 1 is 1.36 bits per heavy atom. The normalized spacial score (nSPS) is 11.0. The fourth-order valence-corrected chi connectivity index (χ4v) is 2.74. The van der Waals surface area contributed by atoms with Gasteiger partial charge in [0.1, 0.15) is 17.0 Å². The summed E-state index contributed by atoms with van der Waals surface area (Å²) in [5.74, 6) is 6.59. The quantitative estimate of drug-likeness (QED) is 0.468. The zero-order valence-electron chi connectivity index (χ0n) is 14.6. The smallest absolute Gasteiger partial charge is 0.262 e. The van der Waals surface area contributed by atoms with Crippen molar-refractivity contribution in [2.45, 2.75) is 33.7 Å². The van der Waals surface area contributed by atoms with Crippen LogP contribution in [0.15, 0.2) is 23.0 Å². The Hall–Kier alpha value is -2.87. The molecule has 3 aromatic rings. The van der Waals surface area contributed by atoms with E-state index in [4.69, 9.17) is 10.6 Å². The van der Waals surface area contributed by atoms with Gasteiger partial charge in [0.05, 0.1) is 17.9 Å². The van der Waals surface area contributed by atoms with E-state index >= 15 is 0 Å². The summed E-state index contributed by atoms with van der Waals surface area (Å²) in [4.78, 5) is 20.1. The maximum absolute atomic E-state index is 12.6. The van der Waals surface area contributed by atoms with Gasteiger partial charge in [-0.15, -0.1) is 0 Å². The molecule has 8 nitrogen and oxygen atoms in total. The maximum atomic E-state index is 12.6. The van der Waals surface area contributed by atoms with Crippen LogP contribution in [0.2, 0.25) is 0 Å². The highest BCUT2D eigenvalue weighted by Crippen LogP contribution is 2.31. The van der Waals surface area contributed by atoms with Crippen molar-refractivity contribution in [2.75, 3.05) is 12.0 Å². The van der Waals surface area contributed by atoms with Crippen molar-refractivity contribution in [2.24, 2.45) is 5.84 Å².